The summed E-state index contributed by atoms with van der Waals surface area (Å²) in [4.78, 5) is 14.2. The van der Waals surface area contributed by atoms with Crippen LogP contribution in [0.25, 0.3) is 0 Å². The Morgan fingerprint density at radius 2 is 1.79 bits per heavy atom. The first-order valence-corrected chi connectivity index (χ1v) is 9.86. The van der Waals surface area contributed by atoms with Gasteiger partial charge in [-0.3, -0.25) is 0 Å². The summed E-state index contributed by atoms with van der Waals surface area (Å²) in [6.45, 7) is 16.1. The van der Waals surface area contributed by atoms with Gasteiger partial charge in [-0.2, -0.15) is 0 Å². The topological polar surface area (TPSA) is 48.0 Å². The van der Waals surface area contributed by atoms with Crippen molar-refractivity contribution in [3.05, 3.63) is 28.6 Å². The van der Waals surface area contributed by atoms with Crippen molar-refractivity contribution >= 4 is 18.7 Å². The fraction of sp³-hybridized carbons (Fsp3) is 0.667. The van der Waals surface area contributed by atoms with Crippen LogP contribution < -0.4 is 5.46 Å². The molecule has 2 aliphatic rings. The van der Waals surface area contributed by atoms with Gasteiger partial charge >= 0.3 is 13.2 Å². The minimum Gasteiger partial charge on any atom is -0.444 e. The van der Waals surface area contributed by atoms with E-state index < -0.39 is 23.9 Å². The summed E-state index contributed by atoms with van der Waals surface area (Å²) in [7, 11) is -0.771. The van der Waals surface area contributed by atoms with Crippen LogP contribution in [0.15, 0.2) is 6.07 Å². The zero-order valence-electron chi connectivity index (χ0n) is 18.2. The Morgan fingerprint density at radius 1 is 1.21 bits per heavy atom. The third-order valence-corrected chi connectivity index (χ3v) is 5.94. The number of hydrogen-bond donors (Lipinski definition) is 0. The number of fused-ring (bicyclic) bond motifs is 1. The number of nitrogens with zero attached hydrogens (tertiary/aromatic N) is 1. The van der Waals surface area contributed by atoms with E-state index in [1.165, 1.54) is 0 Å². The molecule has 1 aromatic carbocycles. The second-order valence-corrected chi connectivity index (χ2v) is 9.77. The van der Waals surface area contributed by atoms with Crippen LogP contribution >= 0.6 is 0 Å². The standard InChI is InChI=1S/C21H31BFNO4/c1-13-15-12-24(18(25)26-19(2,3)4)10-9-14(15)11-16(23)17(13)22-27-20(5,6)21(7,8)28-22/h11H,9-10,12H2,1-8H3. The molecule has 3 rings (SSSR count). The zero-order chi connectivity index (χ0) is 21.1. The van der Waals surface area contributed by atoms with Gasteiger partial charge in [0.1, 0.15) is 11.4 Å². The normalized spacial score (nSPS) is 20.9. The third kappa shape index (κ3) is 3.79. The first-order valence-electron chi connectivity index (χ1n) is 9.86. The molecule has 7 heteroatoms. The SMILES string of the molecule is Cc1c2c(cc(F)c1B1OC(C)(C)C(C)(C)O1)CCN(C(=O)OC(C)(C)C)C2. The smallest absolute Gasteiger partial charge is 0.444 e. The van der Waals surface area contributed by atoms with Gasteiger partial charge in [0.15, 0.2) is 0 Å². The molecule has 2 aliphatic heterocycles. The molecule has 0 spiro atoms. The Hall–Kier alpha value is -1.60. The maximum atomic E-state index is 15.0. The number of carbonyl (C=O) groups excluding carboxylic acids is 1. The Balaban J connectivity index is 1.92. The Labute approximate surface area is 167 Å². The molecule has 1 fully saturated rings. The van der Waals surface area contributed by atoms with Gasteiger partial charge in [0.25, 0.3) is 0 Å². The Bertz CT molecular complexity index is 785. The van der Waals surface area contributed by atoms with E-state index in [0.29, 0.717) is 25.0 Å². The summed E-state index contributed by atoms with van der Waals surface area (Å²) in [5, 5.41) is 0. The first kappa shape index (κ1) is 21.1. The number of amides is 1. The van der Waals surface area contributed by atoms with Gasteiger partial charge in [0.05, 0.1) is 11.2 Å². The molecule has 0 bridgehead atoms. The minimum absolute atomic E-state index is 0.319. The fourth-order valence-electron chi connectivity index (χ4n) is 3.60. The highest BCUT2D eigenvalue weighted by Crippen LogP contribution is 2.37. The van der Waals surface area contributed by atoms with Crippen molar-refractivity contribution < 1.29 is 23.2 Å². The lowest BCUT2D eigenvalue weighted by molar-refractivity contribution is 0.00578. The van der Waals surface area contributed by atoms with Crippen molar-refractivity contribution in [2.24, 2.45) is 0 Å². The van der Waals surface area contributed by atoms with E-state index in [0.717, 1.165) is 16.7 Å². The van der Waals surface area contributed by atoms with Crippen molar-refractivity contribution in [3.8, 4) is 0 Å². The van der Waals surface area contributed by atoms with Gasteiger partial charge in [0.2, 0.25) is 0 Å². The molecule has 0 aromatic heterocycles. The van der Waals surface area contributed by atoms with Crippen LogP contribution in [0.4, 0.5) is 9.18 Å². The number of halogens is 1. The maximum absolute atomic E-state index is 15.0. The molecular formula is C21H31BFNO4. The van der Waals surface area contributed by atoms with Crippen LogP contribution in [0.2, 0.25) is 0 Å². The second-order valence-electron chi connectivity index (χ2n) is 9.77. The second kappa shape index (κ2) is 6.73. The van der Waals surface area contributed by atoms with E-state index in [1.807, 2.05) is 55.4 Å². The van der Waals surface area contributed by atoms with Gasteiger partial charge in [-0.25, -0.2) is 9.18 Å². The number of rotatable bonds is 1. The zero-order valence-corrected chi connectivity index (χ0v) is 18.2. The lowest BCUT2D eigenvalue weighted by Gasteiger charge is -2.32. The molecule has 0 N–H and O–H groups in total. The van der Waals surface area contributed by atoms with Crippen LogP contribution in [0.3, 0.4) is 0 Å². The lowest BCUT2D eigenvalue weighted by Crippen LogP contribution is -2.43. The van der Waals surface area contributed by atoms with Gasteiger partial charge < -0.3 is 18.9 Å². The summed E-state index contributed by atoms with van der Waals surface area (Å²) < 4.78 is 32.7. The summed E-state index contributed by atoms with van der Waals surface area (Å²) in [6.07, 6.45) is 0.245. The molecule has 2 heterocycles. The molecule has 0 atom stereocenters. The van der Waals surface area contributed by atoms with Gasteiger partial charge in [0, 0.05) is 18.6 Å². The third-order valence-electron chi connectivity index (χ3n) is 5.94. The van der Waals surface area contributed by atoms with Gasteiger partial charge in [-0.05, 0) is 84.6 Å². The van der Waals surface area contributed by atoms with Gasteiger partial charge in [-0.1, -0.05) is 0 Å². The van der Waals surface area contributed by atoms with Gasteiger partial charge in [-0.15, -0.1) is 0 Å². The Morgan fingerprint density at radius 3 is 2.32 bits per heavy atom. The number of benzene rings is 1. The van der Waals surface area contributed by atoms with Crippen LogP contribution in [-0.4, -0.2) is 41.5 Å². The van der Waals surface area contributed by atoms with E-state index >= 15 is 4.39 Å². The average molecular weight is 391 g/mol. The van der Waals surface area contributed by atoms with Crippen molar-refractivity contribution in [3.63, 3.8) is 0 Å². The molecule has 0 saturated carbocycles. The van der Waals surface area contributed by atoms with E-state index in [4.69, 9.17) is 14.0 Å². The largest absolute Gasteiger partial charge is 0.498 e. The van der Waals surface area contributed by atoms with Crippen molar-refractivity contribution in [2.75, 3.05) is 6.54 Å². The summed E-state index contributed by atoms with van der Waals surface area (Å²) in [5.41, 5.74) is 1.43. The predicted octanol–water partition coefficient (Wildman–Crippen LogP) is 3.73. The van der Waals surface area contributed by atoms with Crippen molar-refractivity contribution in [1.29, 1.82) is 0 Å². The van der Waals surface area contributed by atoms with E-state index in [2.05, 4.69) is 0 Å². The van der Waals surface area contributed by atoms with E-state index in [1.54, 1.807) is 11.0 Å². The van der Waals surface area contributed by atoms with Crippen molar-refractivity contribution in [2.45, 2.75) is 85.2 Å². The molecule has 0 aliphatic carbocycles. The molecule has 1 aromatic rings. The van der Waals surface area contributed by atoms with Crippen LogP contribution in [0.1, 0.15) is 65.2 Å². The minimum atomic E-state index is -0.771. The van der Waals surface area contributed by atoms with E-state index in [-0.39, 0.29) is 11.9 Å². The summed E-state index contributed by atoms with van der Waals surface area (Å²) >= 11 is 0. The monoisotopic (exact) mass is 391 g/mol. The lowest BCUT2D eigenvalue weighted by atomic mass is 9.73. The molecule has 28 heavy (non-hydrogen) atoms. The fourth-order valence-corrected chi connectivity index (χ4v) is 3.60. The molecule has 154 valence electrons. The molecular weight excluding hydrogens is 360 g/mol. The average Bonchev–Trinajstić information content (AvgIpc) is 2.73. The summed E-state index contributed by atoms with van der Waals surface area (Å²) in [5.74, 6) is -0.319. The van der Waals surface area contributed by atoms with Crippen LogP contribution in [0.5, 0.6) is 0 Å². The van der Waals surface area contributed by atoms with Crippen molar-refractivity contribution in [1.82, 2.24) is 4.90 Å². The summed E-state index contributed by atoms with van der Waals surface area (Å²) in [6, 6.07) is 1.56. The number of hydrogen-bond acceptors (Lipinski definition) is 4. The molecule has 0 radical (unpaired) electrons. The highest BCUT2D eigenvalue weighted by Gasteiger charge is 2.53. The number of carbonyl (C=O) groups is 1. The van der Waals surface area contributed by atoms with Crippen LogP contribution in [0, 0.1) is 12.7 Å². The first-order chi connectivity index (χ1) is 12.7. The Kier molecular flexibility index (Phi) is 5.08. The number of ether oxygens (including phenoxy) is 1. The van der Waals surface area contributed by atoms with Crippen LogP contribution in [-0.2, 0) is 27.0 Å². The van der Waals surface area contributed by atoms with E-state index in [9.17, 15) is 4.79 Å². The highest BCUT2D eigenvalue weighted by molar-refractivity contribution is 6.62. The maximum Gasteiger partial charge on any atom is 0.498 e. The molecule has 5 nitrogen and oxygen atoms in total. The molecule has 1 amide bonds. The molecule has 1 saturated heterocycles. The quantitative estimate of drug-likeness (QED) is 0.685. The molecule has 0 unspecified atom stereocenters. The highest BCUT2D eigenvalue weighted by atomic mass is 19.1. The predicted molar refractivity (Wildman–Crippen MR) is 107 cm³/mol.